The van der Waals surface area contributed by atoms with Gasteiger partial charge in [0.15, 0.2) is 12.4 Å². The van der Waals surface area contributed by atoms with Crippen LogP contribution in [0.4, 0.5) is 0 Å². The Kier molecular flexibility index (Phi) is 51.6. The highest BCUT2D eigenvalue weighted by Crippen LogP contribution is 2.26. The van der Waals surface area contributed by atoms with Crippen molar-refractivity contribution in [2.24, 2.45) is 0 Å². The largest absolute Gasteiger partial charge is 0.454 e. The number of nitrogens with one attached hydrogen (secondary N) is 1. The minimum atomic E-state index is -1.62. The summed E-state index contributed by atoms with van der Waals surface area (Å²) in [6.45, 7) is 5.79. The third-order valence-corrected chi connectivity index (χ3v) is 15.6. The molecule has 1 saturated heterocycles. The first kappa shape index (κ1) is 72.9. The quantitative estimate of drug-likeness (QED) is 0.0149. The molecule has 1 heterocycles. The van der Waals surface area contributed by atoms with Gasteiger partial charge in [0, 0.05) is 6.42 Å². The molecule has 11 heteroatoms. The Hall–Kier alpha value is -2.12. The molecule has 0 aliphatic carbocycles. The number of hydrogen-bond acceptors (Lipinski definition) is 10. The van der Waals surface area contributed by atoms with Crippen LogP contribution in [-0.2, 0) is 23.8 Å². The molecule has 452 valence electrons. The second-order valence-electron chi connectivity index (χ2n) is 22.9. The molecule has 1 rings (SSSR count). The number of allylic oxidation sites excluding steroid dienone is 5. The van der Waals surface area contributed by atoms with Gasteiger partial charge in [0.25, 0.3) is 0 Å². The second-order valence-corrected chi connectivity index (χ2v) is 22.9. The van der Waals surface area contributed by atoms with Crippen molar-refractivity contribution >= 4 is 11.9 Å². The molecule has 8 unspecified atom stereocenters. The van der Waals surface area contributed by atoms with Gasteiger partial charge >= 0.3 is 5.97 Å². The summed E-state index contributed by atoms with van der Waals surface area (Å²) in [5.41, 5.74) is 0. The van der Waals surface area contributed by atoms with Crippen LogP contribution in [0.5, 0.6) is 0 Å². The van der Waals surface area contributed by atoms with Crippen LogP contribution in [0.3, 0.4) is 0 Å². The Labute approximate surface area is 473 Å². The number of esters is 1. The van der Waals surface area contributed by atoms with E-state index in [1.54, 1.807) is 6.08 Å². The maximum Gasteiger partial charge on any atom is 0.306 e. The third-order valence-electron chi connectivity index (χ3n) is 15.6. The summed E-state index contributed by atoms with van der Waals surface area (Å²) in [4.78, 5) is 26.6. The van der Waals surface area contributed by atoms with Crippen molar-refractivity contribution in [2.75, 3.05) is 13.2 Å². The van der Waals surface area contributed by atoms with Crippen LogP contribution in [0, 0.1) is 0 Å². The fraction of sp³-hybridized carbons (Fsp3) is 0.879. The van der Waals surface area contributed by atoms with Crippen molar-refractivity contribution < 1.29 is 49.3 Å². The molecule has 0 aromatic rings. The van der Waals surface area contributed by atoms with Crippen molar-refractivity contribution in [1.82, 2.24) is 5.32 Å². The fourth-order valence-electron chi connectivity index (χ4n) is 10.4. The second kappa shape index (κ2) is 54.5. The van der Waals surface area contributed by atoms with Gasteiger partial charge in [-0.3, -0.25) is 9.59 Å². The zero-order valence-corrected chi connectivity index (χ0v) is 50.1. The summed E-state index contributed by atoms with van der Waals surface area (Å²) < 4.78 is 17.6. The topological polar surface area (TPSA) is 175 Å². The van der Waals surface area contributed by atoms with E-state index in [1.807, 2.05) is 6.08 Å². The Morgan fingerprint density at radius 1 is 0.506 bits per heavy atom. The molecule has 1 amide bonds. The van der Waals surface area contributed by atoms with Crippen LogP contribution in [-0.4, -0.2) is 99.6 Å². The summed E-state index contributed by atoms with van der Waals surface area (Å²) in [7, 11) is 0. The number of unbranched alkanes of at least 4 members (excludes halogenated alkanes) is 39. The van der Waals surface area contributed by atoms with Gasteiger partial charge < -0.3 is 45.1 Å². The van der Waals surface area contributed by atoms with Gasteiger partial charge in [-0.1, -0.05) is 288 Å². The molecule has 77 heavy (non-hydrogen) atoms. The highest BCUT2D eigenvalue weighted by atomic mass is 16.7. The smallest absolute Gasteiger partial charge is 0.306 e. The van der Waals surface area contributed by atoms with E-state index in [0.29, 0.717) is 19.3 Å². The molecule has 1 fully saturated rings. The summed E-state index contributed by atoms with van der Waals surface area (Å²) in [5, 5.41) is 57.1. The van der Waals surface area contributed by atoms with Gasteiger partial charge in [-0.25, -0.2) is 0 Å². The zero-order valence-electron chi connectivity index (χ0n) is 50.1. The predicted octanol–water partition coefficient (Wildman–Crippen LogP) is 15.8. The Balaban J connectivity index is 2.65. The molecular weight excluding hydrogens is 967 g/mol. The first-order valence-electron chi connectivity index (χ1n) is 32.8. The molecule has 0 aromatic heterocycles. The number of hydrogen-bond donors (Lipinski definition) is 6. The molecule has 0 bridgehead atoms. The van der Waals surface area contributed by atoms with Crippen molar-refractivity contribution in [3.05, 3.63) is 36.5 Å². The minimum absolute atomic E-state index is 0.113. The van der Waals surface area contributed by atoms with Gasteiger partial charge in [-0.2, -0.15) is 0 Å². The molecule has 1 aliphatic rings. The zero-order chi connectivity index (χ0) is 56.1. The van der Waals surface area contributed by atoms with Crippen molar-refractivity contribution in [3.8, 4) is 0 Å². The normalized spacial score (nSPS) is 19.2. The molecule has 0 spiro atoms. The summed E-state index contributed by atoms with van der Waals surface area (Å²) >= 11 is 0. The van der Waals surface area contributed by atoms with Crippen molar-refractivity contribution in [1.29, 1.82) is 0 Å². The SMILES string of the molecule is CCCCC/C=C/C=C/CCCCCCCCC(=O)OC1C(OCC(NC(=O)C(O)CCCCCCCCCCCCCCCCCCCCCC)C(O)/C=C/CCCCCCCCCCCCC)OC(CO)C(O)C1O. The van der Waals surface area contributed by atoms with Gasteiger partial charge in [0.2, 0.25) is 5.91 Å². The summed E-state index contributed by atoms with van der Waals surface area (Å²) in [6.07, 6.45) is 54.7. The Bertz CT molecular complexity index is 1390. The molecule has 6 N–H and O–H groups in total. The third kappa shape index (κ3) is 42.4. The number of amides is 1. The number of aliphatic hydroxyl groups excluding tert-OH is 5. The average molecular weight is 1090 g/mol. The summed E-state index contributed by atoms with van der Waals surface area (Å²) in [5.74, 6) is -1.19. The van der Waals surface area contributed by atoms with Crippen LogP contribution < -0.4 is 5.32 Å². The van der Waals surface area contributed by atoms with Gasteiger partial charge in [0.1, 0.15) is 24.4 Å². The molecule has 0 aromatic carbocycles. The highest BCUT2D eigenvalue weighted by molar-refractivity contribution is 5.80. The van der Waals surface area contributed by atoms with E-state index in [2.05, 4.69) is 50.4 Å². The van der Waals surface area contributed by atoms with Crippen LogP contribution in [0.25, 0.3) is 0 Å². The van der Waals surface area contributed by atoms with Gasteiger partial charge in [-0.15, -0.1) is 0 Å². The Morgan fingerprint density at radius 3 is 1.32 bits per heavy atom. The fourth-order valence-corrected chi connectivity index (χ4v) is 10.4. The number of aliphatic hydroxyl groups is 5. The molecule has 1 aliphatic heterocycles. The van der Waals surface area contributed by atoms with E-state index in [9.17, 15) is 35.1 Å². The monoisotopic (exact) mass is 1090 g/mol. The van der Waals surface area contributed by atoms with E-state index < -0.39 is 67.4 Å². The highest BCUT2D eigenvalue weighted by Gasteiger charge is 2.47. The minimum Gasteiger partial charge on any atom is -0.454 e. The molecule has 8 atom stereocenters. The van der Waals surface area contributed by atoms with E-state index in [0.717, 1.165) is 83.5 Å². The van der Waals surface area contributed by atoms with E-state index in [1.165, 1.54) is 180 Å². The predicted molar refractivity (Wildman–Crippen MR) is 320 cm³/mol. The first-order valence-corrected chi connectivity index (χ1v) is 32.8. The standard InChI is InChI=1S/C66H123NO10/c1-4-7-10-13-16-19-22-25-27-28-29-30-31-33-35-38-41-44-47-50-53-59(70)65(74)67-57(58(69)52-49-46-43-40-37-34-24-21-18-15-12-9-6-3)56-75-66-64(63(73)62(72)60(55-68)76-66)77-61(71)54-51-48-45-42-39-36-32-26-23-20-17-14-11-8-5-2/h17,20,23,26,49,52,57-60,62-64,66,68-70,72-73H,4-16,18-19,21-22,24-25,27-48,50-51,53-56H2,1-3H3,(H,67,74)/b20-17+,26-23+,52-49+. The van der Waals surface area contributed by atoms with E-state index >= 15 is 0 Å². The molecule has 0 radical (unpaired) electrons. The first-order chi connectivity index (χ1) is 37.7. The average Bonchev–Trinajstić information content (AvgIpc) is 3.43. The number of ether oxygens (including phenoxy) is 3. The Morgan fingerprint density at radius 2 is 0.883 bits per heavy atom. The lowest BCUT2D eigenvalue weighted by Crippen LogP contribution is -2.61. The molecule has 0 saturated carbocycles. The van der Waals surface area contributed by atoms with Crippen LogP contribution in [0.2, 0.25) is 0 Å². The number of rotatable bonds is 56. The van der Waals surface area contributed by atoms with Crippen LogP contribution in [0.1, 0.15) is 310 Å². The number of carbonyl (C=O) groups is 2. The molecule has 11 nitrogen and oxygen atoms in total. The van der Waals surface area contributed by atoms with E-state index in [4.69, 9.17) is 14.2 Å². The number of carbonyl (C=O) groups excluding carboxylic acids is 2. The maximum absolute atomic E-state index is 13.5. The lowest BCUT2D eigenvalue weighted by atomic mass is 9.99. The van der Waals surface area contributed by atoms with Crippen molar-refractivity contribution in [2.45, 2.75) is 359 Å². The summed E-state index contributed by atoms with van der Waals surface area (Å²) in [6, 6.07) is -1.02. The van der Waals surface area contributed by atoms with E-state index in [-0.39, 0.29) is 13.0 Å². The lowest BCUT2D eigenvalue weighted by Gasteiger charge is -2.41. The van der Waals surface area contributed by atoms with Gasteiger partial charge in [0.05, 0.1) is 25.4 Å². The van der Waals surface area contributed by atoms with Crippen LogP contribution in [0.15, 0.2) is 36.5 Å². The molecular formula is C66H123NO10. The van der Waals surface area contributed by atoms with Crippen molar-refractivity contribution in [3.63, 3.8) is 0 Å². The lowest BCUT2D eigenvalue weighted by molar-refractivity contribution is -0.305. The maximum atomic E-state index is 13.5. The van der Waals surface area contributed by atoms with Crippen LogP contribution >= 0.6 is 0 Å². The van der Waals surface area contributed by atoms with Gasteiger partial charge in [-0.05, 0) is 51.4 Å².